The molecule has 11 rings (SSSR count). The van der Waals surface area contributed by atoms with Crippen molar-refractivity contribution in [2.45, 2.75) is 96.3 Å². The molecule has 0 fully saturated rings. The summed E-state index contributed by atoms with van der Waals surface area (Å²) in [5.74, 6) is 0. The highest BCUT2D eigenvalue weighted by Gasteiger charge is 2.43. The van der Waals surface area contributed by atoms with E-state index >= 15 is 0 Å². The van der Waals surface area contributed by atoms with E-state index in [1.807, 2.05) is 0 Å². The van der Waals surface area contributed by atoms with Gasteiger partial charge >= 0.3 is 0 Å². The molecule has 8 aromatic carbocycles. The first kappa shape index (κ1) is 41.1. The minimum atomic E-state index is -0.165. The van der Waals surface area contributed by atoms with E-state index in [4.69, 9.17) is 0 Å². The zero-order valence-electron chi connectivity index (χ0n) is 38.2. The number of benzene rings is 8. The van der Waals surface area contributed by atoms with E-state index in [2.05, 4.69) is 206 Å². The summed E-state index contributed by atoms with van der Waals surface area (Å²) in [5, 5.41) is 0. The summed E-state index contributed by atoms with van der Waals surface area (Å²) in [6, 6.07) is 69.3. The quantitative estimate of drug-likeness (QED) is 0.0894. The molecule has 0 bridgehead atoms. The largest absolute Gasteiger partial charge is 0.310 e. The maximum absolute atomic E-state index is 2.59. The van der Waals surface area contributed by atoms with Gasteiger partial charge in [-0.2, -0.15) is 0 Å². The number of aryl methyl sites for hydroxylation is 8. The molecule has 0 saturated carbocycles. The van der Waals surface area contributed by atoms with Gasteiger partial charge in [0, 0.05) is 39.5 Å². The zero-order valence-corrected chi connectivity index (χ0v) is 38.2. The Labute approximate surface area is 387 Å². The van der Waals surface area contributed by atoms with Crippen LogP contribution in [0.4, 0.5) is 34.1 Å². The number of hydrogen-bond acceptors (Lipinski definition) is 2. The van der Waals surface area contributed by atoms with Crippen molar-refractivity contribution in [3.63, 3.8) is 0 Å². The molecule has 0 spiro atoms. The molecule has 65 heavy (non-hydrogen) atoms. The third kappa shape index (κ3) is 8.10. The Morgan fingerprint density at radius 2 is 0.769 bits per heavy atom. The van der Waals surface area contributed by atoms with E-state index < -0.39 is 0 Å². The molecule has 322 valence electrons. The first-order valence-electron chi connectivity index (χ1n) is 24.3. The average molecular weight is 845 g/mol. The number of anilines is 6. The van der Waals surface area contributed by atoms with Crippen molar-refractivity contribution in [1.82, 2.24) is 0 Å². The molecule has 0 aliphatic heterocycles. The summed E-state index contributed by atoms with van der Waals surface area (Å²) in [5.41, 5.74) is 24.5. The van der Waals surface area contributed by atoms with Crippen LogP contribution in [-0.4, -0.2) is 0 Å². The Bertz CT molecular complexity index is 2780. The summed E-state index contributed by atoms with van der Waals surface area (Å²) < 4.78 is 0. The van der Waals surface area contributed by atoms with Gasteiger partial charge in [0.1, 0.15) is 0 Å². The van der Waals surface area contributed by atoms with Gasteiger partial charge in [0.25, 0.3) is 0 Å². The van der Waals surface area contributed by atoms with Crippen LogP contribution in [0.25, 0.3) is 11.1 Å². The van der Waals surface area contributed by atoms with Crippen LogP contribution in [0.2, 0.25) is 0 Å². The first-order chi connectivity index (χ1) is 32.0. The van der Waals surface area contributed by atoms with Crippen LogP contribution in [0.15, 0.2) is 182 Å². The fraction of sp³-hybridized carbons (Fsp3) is 0.238. The van der Waals surface area contributed by atoms with E-state index in [1.54, 1.807) is 22.3 Å². The maximum atomic E-state index is 2.59. The number of rotatable bonds is 16. The lowest BCUT2D eigenvalue weighted by molar-refractivity contribution is 0.407. The summed E-state index contributed by atoms with van der Waals surface area (Å²) >= 11 is 0. The molecule has 3 aliphatic carbocycles. The van der Waals surface area contributed by atoms with Crippen LogP contribution < -0.4 is 9.80 Å². The van der Waals surface area contributed by atoms with Gasteiger partial charge in [-0.05, 0) is 218 Å². The molecule has 8 aromatic rings. The second kappa shape index (κ2) is 17.7. The highest BCUT2D eigenvalue weighted by molar-refractivity contribution is 5.88. The molecular weight excluding hydrogens is 785 g/mol. The van der Waals surface area contributed by atoms with Gasteiger partial charge in [0.15, 0.2) is 0 Å². The lowest BCUT2D eigenvalue weighted by atomic mass is 9.70. The molecule has 2 heteroatoms. The summed E-state index contributed by atoms with van der Waals surface area (Å²) in [7, 11) is 0. The standard InChI is InChI=1S/C63H60N2/c1-45-15-13-23-55(39-45)64(53-19-5-3-6-20-53)57-33-35-59-60-36-34-58(65(54-21-7-4-8-22-54)56-24-14-16-46(2)40-56)44-62(60)63(61(59)43-57,37-11-9-17-47-25-27-49-29-31-51(49)41-47)38-12-10-18-48-26-28-50-30-32-52(50)42-48/h3-8,13-16,19-28,33-36,39-44H,9-12,17-18,29-32,37-38H2,1-2H3. The Balaban J connectivity index is 1.04. The number of hydrogen-bond donors (Lipinski definition) is 0. The van der Waals surface area contributed by atoms with Crippen molar-refractivity contribution in [3.05, 3.63) is 238 Å². The molecule has 0 N–H and O–H groups in total. The molecule has 0 heterocycles. The average Bonchev–Trinajstić information content (AvgIpc) is 3.57. The van der Waals surface area contributed by atoms with Gasteiger partial charge in [-0.25, -0.2) is 0 Å². The van der Waals surface area contributed by atoms with Gasteiger partial charge in [0.05, 0.1) is 0 Å². The van der Waals surface area contributed by atoms with Crippen LogP contribution in [0.3, 0.4) is 0 Å². The Hall–Kier alpha value is -6.64. The second-order valence-electron chi connectivity index (χ2n) is 19.2. The Morgan fingerprint density at radius 3 is 1.17 bits per heavy atom. The van der Waals surface area contributed by atoms with Crippen molar-refractivity contribution in [1.29, 1.82) is 0 Å². The fourth-order valence-corrected chi connectivity index (χ4v) is 11.3. The summed E-state index contributed by atoms with van der Waals surface area (Å²) in [6.45, 7) is 4.40. The van der Waals surface area contributed by atoms with Crippen molar-refractivity contribution < 1.29 is 0 Å². The third-order valence-electron chi connectivity index (χ3n) is 14.9. The van der Waals surface area contributed by atoms with Gasteiger partial charge < -0.3 is 9.80 Å². The SMILES string of the molecule is Cc1cccc(N(c2ccccc2)c2ccc3c(c2)C(CCCCc2ccc4c(c2)CC4)(CCCCc2ccc4c(c2)CC4)c2cc(N(c4ccccc4)c4cccc(C)c4)ccc2-3)c1. The van der Waals surface area contributed by atoms with Gasteiger partial charge in [-0.1, -0.05) is 122 Å². The smallest absolute Gasteiger partial charge is 0.0465 e. The fourth-order valence-electron chi connectivity index (χ4n) is 11.3. The van der Waals surface area contributed by atoms with Crippen LogP contribution in [0.1, 0.15) is 94.2 Å². The van der Waals surface area contributed by atoms with Crippen LogP contribution in [0.5, 0.6) is 0 Å². The van der Waals surface area contributed by atoms with Crippen LogP contribution in [-0.2, 0) is 43.9 Å². The van der Waals surface area contributed by atoms with Gasteiger partial charge in [-0.15, -0.1) is 0 Å². The minimum absolute atomic E-state index is 0.165. The monoisotopic (exact) mass is 844 g/mol. The van der Waals surface area contributed by atoms with E-state index in [-0.39, 0.29) is 5.41 Å². The Kier molecular flexibility index (Phi) is 11.2. The van der Waals surface area contributed by atoms with Gasteiger partial charge in [-0.3, -0.25) is 0 Å². The molecule has 2 nitrogen and oxygen atoms in total. The molecule has 0 saturated heterocycles. The molecule has 3 aliphatic rings. The Morgan fingerprint density at radius 1 is 0.354 bits per heavy atom. The number of nitrogens with zero attached hydrogens (tertiary/aromatic N) is 2. The highest BCUT2D eigenvalue weighted by atomic mass is 15.1. The lowest BCUT2D eigenvalue weighted by Crippen LogP contribution is -2.26. The van der Waals surface area contributed by atoms with Crippen LogP contribution in [0, 0.1) is 13.8 Å². The predicted octanol–water partition coefficient (Wildman–Crippen LogP) is 16.5. The van der Waals surface area contributed by atoms with Gasteiger partial charge in [0.2, 0.25) is 0 Å². The summed E-state index contributed by atoms with van der Waals surface area (Å²) in [6.07, 6.45) is 14.1. The molecule has 0 atom stereocenters. The highest BCUT2D eigenvalue weighted by Crippen LogP contribution is 2.57. The van der Waals surface area contributed by atoms with E-state index in [1.165, 1.54) is 117 Å². The summed E-state index contributed by atoms with van der Waals surface area (Å²) in [4.78, 5) is 4.94. The molecule has 0 aromatic heterocycles. The normalized spacial score (nSPS) is 13.8. The molecular formula is C63H60N2. The number of para-hydroxylation sites is 2. The first-order valence-corrected chi connectivity index (χ1v) is 24.3. The second-order valence-corrected chi connectivity index (χ2v) is 19.2. The van der Waals surface area contributed by atoms with Crippen molar-refractivity contribution in [3.8, 4) is 11.1 Å². The third-order valence-corrected chi connectivity index (χ3v) is 14.9. The number of unbranched alkanes of at least 4 members (excludes halogenated alkanes) is 2. The minimum Gasteiger partial charge on any atom is -0.310 e. The molecule has 0 unspecified atom stereocenters. The molecule has 0 radical (unpaired) electrons. The topological polar surface area (TPSA) is 6.48 Å². The predicted molar refractivity (Wildman–Crippen MR) is 274 cm³/mol. The van der Waals surface area contributed by atoms with Crippen molar-refractivity contribution in [2.24, 2.45) is 0 Å². The maximum Gasteiger partial charge on any atom is 0.0465 e. The lowest BCUT2D eigenvalue weighted by Gasteiger charge is -2.35. The van der Waals surface area contributed by atoms with E-state index in [0.717, 1.165) is 38.5 Å². The van der Waals surface area contributed by atoms with Crippen molar-refractivity contribution in [2.75, 3.05) is 9.80 Å². The zero-order chi connectivity index (χ0) is 43.7. The molecule has 0 amide bonds. The van der Waals surface area contributed by atoms with E-state index in [9.17, 15) is 0 Å². The number of fused-ring (bicyclic) bond motifs is 5. The van der Waals surface area contributed by atoms with Crippen LogP contribution >= 0.6 is 0 Å². The van der Waals surface area contributed by atoms with Crippen molar-refractivity contribution >= 4 is 34.1 Å². The van der Waals surface area contributed by atoms with E-state index in [0.29, 0.717) is 0 Å².